The minimum absolute atomic E-state index is 0.0473. The number of likely N-dealkylation sites (N-methyl/N-ethyl adjacent to an activating group) is 1. The third kappa shape index (κ3) is 2.50. The van der Waals surface area contributed by atoms with Crippen LogP contribution in [0.15, 0.2) is 18.2 Å². The molecule has 0 aliphatic heterocycles. The molecule has 0 bridgehead atoms. The predicted molar refractivity (Wildman–Crippen MR) is 50.4 cm³/mol. The summed E-state index contributed by atoms with van der Waals surface area (Å²) in [5.74, 6) is -2.75. The Kier molecular flexibility index (Phi) is 3.36. The lowest BCUT2D eigenvalue weighted by atomic mass is 10.1. The van der Waals surface area contributed by atoms with Gasteiger partial charge in [-0.1, -0.05) is 6.07 Å². The van der Waals surface area contributed by atoms with E-state index >= 15 is 0 Å². The standard InChI is InChI=1S/C10H11F2NO2/c1-13(2)9(10(14)15)7-4-3-6(11)5-8(7)12/h3-5,9H,1-2H3,(H,14,15)/t9-/m0/s1. The molecule has 1 atom stereocenters. The van der Waals surface area contributed by atoms with E-state index < -0.39 is 23.6 Å². The highest BCUT2D eigenvalue weighted by molar-refractivity contribution is 5.75. The maximum atomic E-state index is 13.3. The predicted octanol–water partition coefficient (Wildman–Crippen LogP) is 1.65. The summed E-state index contributed by atoms with van der Waals surface area (Å²) in [6.07, 6.45) is 0. The molecular formula is C10H11F2NO2. The van der Waals surface area contributed by atoms with Crippen LogP contribution in [0.4, 0.5) is 8.78 Å². The molecule has 82 valence electrons. The van der Waals surface area contributed by atoms with Crippen molar-refractivity contribution in [3.8, 4) is 0 Å². The molecule has 1 aromatic carbocycles. The third-order valence-corrected chi connectivity index (χ3v) is 2.01. The van der Waals surface area contributed by atoms with Crippen molar-refractivity contribution in [2.24, 2.45) is 0 Å². The van der Waals surface area contributed by atoms with Crippen molar-refractivity contribution in [2.45, 2.75) is 6.04 Å². The van der Waals surface area contributed by atoms with Crippen LogP contribution in [0.3, 0.4) is 0 Å². The molecule has 0 amide bonds. The summed E-state index contributed by atoms with van der Waals surface area (Å²) < 4.78 is 25.9. The van der Waals surface area contributed by atoms with Gasteiger partial charge in [0.2, 0.25) is 0 Å². The number of aliphatic carboxylic acids is 1. The number of carboxylic acid groups (broad SMARTS) is 1. The average molecular weight is 215 g/mol. The maximum Gasteiger partial charge on any atom is 0.325 e. The van der Waals surface area contributed by atoms with Crippen molar-refractivity contribution in [3.05, 3.63) is 35.4 Å². The number of nitrogens with zero attached hydrogens (tertiary/aromatic N) is 1. The first-order valence-electron chi connectivity index (χ1n) is 4.27. The van der Waals surface area contributed by atoms with E-state index in [4.69, 9.17) is 5.11 Å². The fourth-order valence-electron chi connectivity index (χ4n) is 1.36. The van der Waals surface area contributed by atoms with Crippen molar-refractivity contribution in [1.82, 2.24) is 4.90 Å². The topological polar surface area (TPSA) is 40.5 Å². The second kappa shape index (κ2) is 4.35. The Hall–Kier alpha value is -1.49. The van der Waals surface area contributed by atoms with E-state index in [-0.39, 0.29) is 5.56 Å². The summed E-state index contributed by atoms with van der Waals surface area (Å²) in [5.41, 5.74) is -0.0473. The first kappa shape index (κ1) is 11.6. The van der Waals surface area contributed by atoms with Gasteiger partial charge in [-0.2, -0.15) is 0 Å². The molecule has 5 heteroatoms. The van der Waals surface area contributed by atoms with Crippen LogP contribution in [0.25, 0.3) is 0 Å². The molecule has 3 nitrogen and oxygen atoms in total. The summed E-state index contributed by atoms with van der Waals surface area (Å²) in [6, 6.07) is 1.75. The van der Waals surface area contributed by atoms with E-state index in [9.17, 15) is 13.6 Å². The first-order chi connectivity index (χ1) is 6.93. The molecular weight excluding hydrogens is 204 g/mol. The Balaban J connectivity index is 3.17. The van der Waals surface area contributed by atoms with Gasteiger partial charge in [0.1, 0.15) is 17.7 Å². The fourth-order valence-corrected chi connectivity index (χ4v) is 1.36. The molecule has 0 aliphatic rings. The zero-order valence-corrected chi connectivity index (χ0v) is 8.37. The van der Waals surface area contributed by atoms with Gasteiger partial charge >= 0.3 is 5.97 Å². The molecule has 15 heavy (non-hydrogen) atoms. The molecule has 1 aromatic rings. The van der Waals surface area contributed by atoms with Crippen LogP contribution in [-0.2, 0) is 4.79 Å². The van der Waals surface area contributed by atoms with Crippen molar-refractivity contribution < 1.29 is 18.7 Å². The zero-order valence-electron chi connectivity index (χ0n) is 8.37. The Morgan fingerprint density at radius 3 is 2.40 bits per heavy atom. The van der Waals surface area contributed by atoms with Crippen LogP contribution in [0.1, 0.15) is 11.6 Å². The van der Waals surface area contributed by atoms with Crippen molar-refractivity contribution in [3.63, 3.8) is 0 Å². The summed E-state index contributed by atoms with van der Waals surface area (Å²) in [7, 11) is 3.03. The van der Waals surface area contributed by atoms with E-state index in [1.165, 1.54) is 19.0 Å². The van der Waals surface area contributed by atoms with Crippen LogP contribution in [0.5, 0.6) is 0 Å². The quantitative estimate of drug-likeness (QED) is 0.833. The minimum Gasteiger partial charge on any atom is -0.480 e. The van der Waals surface area contributed by atoms with Gasteiger partial charge in [-0.05, 0) is 20.2 Å². The van der Waals surface area contributed by atoms with Gasteiger partial charge in [-0.3, -0.25) is 9.69 Å². The van der Waals surface area contributed by atoms with Crippen LogP contribution >= 0.6 is 0 Å². The Bertz CT molecular complexity index is 380. The second-order valence-corrected chi connectivity index (χ2v) is 3.37. The van der Waals surface area contributed by atoms with Crippen LogP contribution in [0.2, 0.25) is 0 Å². The Labute approximate surface area is 85.9 Å². The maximum absolute atomic E-state index is 13.3. The lowest BCUT2D eigenvalue weighted by Crippen LogP contribution is -2.28. The van der Waals surface area contributed by atoms with Crippen molar-refractivity contribution >= 4 is 5.97 Å². The summed E-state index contributed by atoms with van der Waals surface area (Å²) in [4.78, 5) is 12.2. The second-order valence-electron chi connectivity index (χ2n) is 3.37. The van der Waals surface area contributed by atoms with E-state index in [1.807, 2.05) is 0 Å². The summed E-state index contributed by atoms with van der Waals surface area (Å²) in [5, 5.41) is 8.89. The average Bonchev–Trinajstić information content (AvgIpc) is 2.08. The SMILES string of the molecule is CN(C)[C@H](C(=O)O)c1ccc(F)cc1F. The number of rotatable bonds is 3. The van der Waals surface area contributed by atoms with Gasteiger partial charge in [0.25, 0.3) is 0 Å². The molecule has 0 heterocycles. The van der Waals surface area contributed by atoms with Gasteiger partial charge in [0, 0.05) is 11.6 Å². The van der Waals surface area contributed by atoms with E-state index in [0.29, 0.717) is 6.07 Å². The number of hydrogen-bond acceptors (Lipinski definition) is 2. The molecule has 0 unspecified atom stereocenters. The smallest absolute Gasteiger partial charge is 0.325 e. The highest BCUT2D eigenvalue weighted by Gasteiger charge is 2.25. The Morgan fingerprint density at radius 2 is 2.00 bits per heavy atom. The van der Waals surface area contributed by atoms with E-state index in [2.05, 4.69) is 0 Å². The van der Waals surface area contributed by atoms with Crippen LogP contribution in [-0.4, -0.2) is 30.1 Å². The lowest BCUT2D eigenvalue weighted by molar-refractivity contribution is -0.142. The number of benzene rings is 1. The minimum atomic E-state index is -1.18. The number of hydrogen-bond donors (Lipinski definition) is 1. The normalized spacial score (nSPS) is 12.9. The molecule has 0 fully saturated rings. The van der Waals surface area contributed by atoms with Crippen LogP contribution in [0, 0.1) is 11.6 Å². The van der Waals surface area contributed by atoms with Gasteiger partial charge in [0.05, 0.1) is 0 Å². The molecule has 1 N–H and O–H groups in total. The van der Waals surface area contributed by atoms with Gasteiger partial charge < -0.3 is 5.11 Å². The Morgan fingerprint density at radius 1 is 1.40 bits per heavy atom. The molecule has 0 spiro atoms. The molecule has 0 aromatic heterocycles. The highest BCUT2D eigenvalue weighted by Crippen LogP contribution is 2.22. The number of carboxylic acids is 1. The number of carbonyl (C=O) groups is 1. The largest absolute Gasteiger partial charge is 0.480 e. The fraction of sp³-hybridized carbons (Fsp3) is 0.300. The summed E-state index contributed by atoms with van der Waals surface area (Å²) in [6.45, 7) is 0. The molecule has 1 rings (SSSR count). The van der Waals surface area contributed by atoms with Gasteiger partial charge in [-0.25, -0.2) is 8.78 Å². The lowest BCUT2D eigenvalue weighted by Gasteiger charge is -2.20. The van der Waals surface area contributed by atoms with Gasteiger partial charge in [0.15, 0.2) is 0 Å². The highest BCUT2D eigenvalue weighted by atomic mass is 19.1. The summed E-state index contributed by atoms with van der Waals surface area (Å²) >= 11 is 0. The van der Waals surface area contributed by atoms with E-state index in [1.54, 1.807) is 0 Å². The molecule has 0 saturated carbocycles. The first-order valence-corrected chi connectivity index (χ1v) is 4.27. The van der Waals surface area contributed by atoms with E-state index in [0.717, 1.165) is 12.1 Å². The molecule has 0 aliphatic carbocycles. The molecule has 0 radical (unpaired) electrons. The van der Waals surface area contributed by atoms with Gasteiger partial charge in [-0.15, -0.1) is 0 Å². The van der Waals surface area contributed by atoms with Crippen molar-refractivity contribution in [1.29, 1.82) is 0 Å². The number of halogens is 2. The molecule has 0 saturated heterocycles. The monoisotopic (exact) mass is 215 g/mol. The van der Waals surface area contributed by atoms with Crippen molar-refractivity contribution in [2.75, 3.05) is 14.1 Å². The van der Waals surface area contributed by atoms with Crippen LogP contribution < -0.4 is 0 Å². The third-order valence-electron chi connectivity index (χ3n) is 2.01. The zero-order chi connectivity index (χ0) is 11.6.